The van der Waals surface area contributed by atoms with Crippen molar-refractivity contribution in [1.29, 1.82) is 0 Å². The van der Waals surface area contributed by atoms with E-state index in [9.17, 15) is 4.79 Å². The number of nitrogens with two attached hydrogens (primary N) is 1. The molecule has 0 spiro atoms. The van der Waals surface area contributed by atoms with Crippen LogP contribution in [0.15, 0.2) is 78.9 Å². The molecule has 4 heteroatoms. The molecule has 3 aromatic carbocycles. The van der Waals surface area contributed by atoms with Crippen LogP contribution in [0.4, 0.5) is 0 Å². The number of hydrogen-bond donors (Lipinski definition) is 2. The summed E-state index contributed by atoms with van der Waals surface area (Å²) in [5.74, 6) is 0.221. The largest absolute Gasteiger partial charge is 0.343 e. The summed E-state index contributed by atoms with van der Waals surface area (Å²) in [7, 11) is 2.14. The predicted molar refractivity (Wildman–Crippen MR) is 133 cm³/mol. The maximum atomic E-state index is 12.6. The maximum Gasteiger partial charge on any atom is 0.228 e. The van der Waals surface area contributed by atoms with E-state index in [2.05, 4.69) is 91.8 Å². The highest BCUT2D eigenvalue weighted by Crippen LogP contribution is 2.29. The van der Waals surface area contributed by atoms with Crippen molar-refractivity contribution in [3.05, 3.63) is 95.6 Å². The summed E-state index contributed by atoms with van der Waals surface area (Å²) in [6.45, 7) is 6.26. The van der Waals surface area contributed by atoms with Crippen LogP contribution in [0, 0.1) is 5.92 Å². The minimum atomic E-state index is -0.190. The van der Waals surface area contributed by atoms with Gasteiger partial charge in [-0.2, -0.15) is 0 Å². The molecule has 0 bridgehead atoms. The first-order valence-electron chi connectivity index (χ1n) is 11.4. The van der Waals surface area contributed by atoms with Crippen LogP contribution in [0.3, 0.4) is 0 Å². The summed E-state index contributed by atoms with van der Waals surface area (Å²) in [5, 5.41) is 2.79. The third kappa shape index (κ3) is 6.78. The van der Waals surface area contributed by atoms with Crippen molar-refractivity contribution < 1.29 is 4.79 Å². The summed E-state index contributed by atoms with van der Waals surface area (Å²) < 4.78 is 0. The topological polar surface area (TPSA) is 58.4 Å². The van der Waals surface area contributed by atoms with Crippen molar-refractivity contribution in [3.8, 4) is 11.1 Å². The van der Waals surface area contributed by atoms with Crippen molar-refractivity contribution >= 4 is 5.91 Å². The molecule has 4 nitrogen and oxygen atoms in total. The van der Waals surface area contributed by atoms with Crippen LogP contribution >= 0.6 is 0 Å². The van der Waals surface area contributed by atoms with Gasteiger partial charge in [0.25, 0.3) is 0 Å². The molecule has 32 heavy (non-hydrogen) atoms. The molecule has 0 fully saturated rings. The fraction of sp³-hybridized carbons (Fsp3) is 0.321. The summed E-state index contributed by atoms with van der Waals surface area (Å²) in [6.07, 6.45) is 0.794. The first kappa shape index (κ1) is 23.7. The van der Waals surface area contributed by atoms with E-state index in [4.69, 9.17) is 5.73 Å². The molecule has 0 aliphatic carbocycles. The Bertz CT molecular complexity index is 983. The van der Waals surface area contributed by atoms with Crippen molar-refractivity contribution in [2.24, 2.45) is 11.7 Å². The highest BCUT2D eigenvalue weighted by atomic mass is 16.1. The lowest BCUT2D eigenvalue weighted by Crippen LogP contribution is -2.34. The summed E-state index contributed by atoms with van der Waals surface area (Å²) in [5.41, 5.74) is 11.5. The second kappa shape index (κ2) is 11.6. The van der Waals surface area contributed by atoms with Crippen molar-refractivity contribution in [3.63, 3.8) is 0 Å². The molecule has 168 valence electrons. The molecular weight excluding hydrogens is 394 g/mol. The van der Waals surface area contributed by atoms with Gasteiger partial charge in [-0.1, -0.05) is 92.7 Å². The van der Waals surface area contributed by atoms with Gasteiger partial charge in [-0.3, -0.25) is 9.69 Å². The molecular formula is C28H35N3O. The molecule has 3 rings (SSSR count). The zero-order chi connectivity index (χ0) is 22.9. The Hall–Kier alpha value is -2.95. The molecule has 1 amide bonds. The number of benzene rings is 3. The van der Waals surface area contributed by atoms with Crippen LogP contribution < -0.4 is 11.1 Å². The van der Waals surface area contributed by atoms with Gasteiger partial charge in [0.1, 0.15) is 0 Å². The fourth-order valence-electron chi connectivity index (χ4n) is 4.09. The number of nitrogens with one attached hydrogen (secondary N) is 1. The Balaban J connectivity index is 1.72. The smallest absolute Gasteiger partial charge is 0.228 e. The van der Waals surface area contributed by atoms with Crippen LogP contribution in [0.1, 0.15) is 42.9 Å². The Morgan fingerprint density at radius 1 is 0.875 bits per heavy atom. The average molecular weight is 430 g/mol. The van der Waals surface area contributed by atoms with Gasteiger partial charge >= 0.3 is 0 Å². The quantitative estimate of drug-likeness (QED) is 0.438. The van der Waals surface area contributed by atoms with E-state index >= 15 is 0 Å². The molecule has 0 saturated carbocycles. The van der Waals surface area contributed by atoms with E-state index in [1.807, 2.05) is 18.2 Å². The lowest BCUT2D eigenvalue weighted by atomic mass is 9.88. The second-order valence-corrected chi connectivity index (χ2v) is 8.91. The summed E-state index contributed by atoms with van der Waals surface area (Å²) >= 11 is 0. The van der Waals surface area contributed by atoms with Gasteiger partial charge < -0.3 is 11.1 Å². The van der Waals surface area contributed by atoms with Gasteiger partial charge in [0.15, 0.2) is 0 Å². The minimum Gasteiger partial charge on any atom is -0.343 e. The van der Waals surface area contributed by atoms with Gasteiger partial charge in [-0.05, 0) is 47.2 Å². The van der Waals surface area contributed by atoms with E-state index in [1.165, 1.54) is 11.1 Å². The van der Waals surface area contributed by atoms with Gasteiger partial charge in [-0.15, -0.1) is 0 Å². The van der Waals surface area contributed by atoms with Crippen LogP contribution in [-0.4, -0.2) is 24.5 Å². The van der Waals surface area contributed by atoms with Crippen molar-refractivity contribution in [1.82, 2.24) is 10.2 Å². The third-order valence-electron chi connectivity index (χ3n) is 5.62. The van der Waals surface area contributed by atoms with E-state index in [0.717, 1.165) is 36.2 Å². The third-order valence-corrected chi connectivity index (χ3v) is 5.62. The molecule has 1 atom stereocenters. The summed E-state index contributed by atoms with van der Waals surface area (Å²) in [6, 6.07) is 27.6. The Kier molecular flexibility index (Phi) is 8.60. The van der Waals surface area contributed by atoms with Crippen LogP contribution in [-0.2, 0) is 17.9 Å². The number of amides is 1. The van der Waals surface area contributed by atoms with E-state index in [-0.39, 0.29) is 18.5 Å². The number of hydrogen-bond acceptors (Lipinski definition) is 3. The maximum absolute atomic E-state index is 12.6. The van der Waals surface area contributed by atoms with Gasteiger partial charge in [0.2, 0.25) is 5.91 Å². The van der Waals surface area contributed by atoms with E-state index < -0.39 is 0 Å². The molecule has 0 unspecified atom stereocenters. The van der Waals surface area contributed by atoms with E-state index in [0.29, 0.717) is 5.92 Å². The zero-order valence-electron chi connectivity index (χ0n) is 19.4. The van der Waals surface area contributed by atoms with Crippen LogP contribution in [0.5, 0.6) is 0 Å². The van der Waals surface area contributed by atoms with Gasteiger partial charge in [0, 0.05) is 13.1 Å². The molecule has 0 aromatic heterocycles. The SMILES string of the molecule is CC(C)C[C@@H](C(=O)NCN)c1cccc(-c2ccc(CN(C)Cc3ccccc3)cc2)c1. The highest BCUT2D eigenvalue weighted by molar-refractivity contribution is 5.84. The van der Waals surface area contributed by atoms with Gasteiger partial charge in [0.05, 0.1) is 12.6 Å². The lowest BCUT2D eigenvalue weighted by Gasteiger charge is -2.20. The molecule has 3 aromatic rings. The summed E-state index contributed by atoms with van der Waals surface area (Å²) in [4.78, 5) is 14.9. The van der Waals surface area contributed by atoms with E-state index in [1.54, 1.807) is 0 Å². The van der Waals surface area contributed by atoms with Crippen molar-refractivity contribution in [2.75, 3.05) is 13.7 Å². The first-order chi connectivity index (χ1) is 15.5. The molecule has 0 aliphatic rings. The Morgan fingerprint density at radius 3 is 2.16 bits per heavy atom. The second-order valence-electron chi connectivity index (χ2n) is 8.91. The fourth-order valence-corrected chi connectivity index (χ4v) is 4.09. The molecule has 0 saturated heterocycles. The number of carbonyl (C=O) groups excluding carboxylic acids is 1. The molecule has 3 N–H and O–H groups in total. The predicted octanol–water partition coefficient (Wildman–Crippen LogP) is 5.15. The zero-order valence-corrected chi connectivity index (χ0v) is 19.4. The highest BCUT2D eigenvalue weighted by Gasteiger charge is 2.21. The Labute approximate surface area is 192 Å². The first-order valence-corrected chi connectivity index (χ1v) is 11.4. The molecule has 0 aliphatic heterocycles. The normalized spacial score (nSPS) is 12.2. The van der Waals surface area contributed by atoms with Crippen LogP contribution in [0.25, 0.3) is 11.1 Å². The number of nitrogens with zero attached hydrogens (tertiary/aromatic N) is 1. The molecule has 0 radical (unpaired) electrons. The lowest BCUT2D eigenvalue weighted by molar-refractivity contribution is -0.122. The number of carbonyl (C=O) groups is 1. The monoisotopic (exact) mass is 429 g/mol. The Morgan fingerprint density at radius 2 is 1.53 bits per heavy atom. The number of rotatable bonds is 10. The average Bonchev–Trinajstić information content (AvgIpc) is 2.78. The molecule has 0 heterocycles. The standard InChI is InChI=1S/C28H35N3O/c1-21(2)16-27(28(32)30-20-29)26-11-7-10-25(17-26)24-14-12-23(13-15-24)19-31(3)18-22-8-5-4-6-9-22/h4-15,17,21,27H,16,18-20,29H2,1-3H3,(H,30,32)/t27-/m1/s1. The minimum absolute atomic E-state index is 0.00449. The van der Waals surface area contributed by atoms with Crippen molar-refractivity contribution in [2.45, 2.75) is 39.3 Å². The van der Waals surface area contributed by atoms with Gasteiger partial charge in [-0.25, -0.2) is 0 Å². The van der Waals surface area contributed by atoms with Crippen LogP contribution in [0.2, 0.25) is 0 Å².